The maximum absolute atomic E-state index is 13.3. The van der Waals surface area contributed by atoms with Crippen LogP contribution in [0.15, 0.2) is 29.2 Å². The molecule has 11 heteroatoms. The molecule has 1 rings (SSSR count). The number of non-ortho nitro benzene ring substituents is 1. The van der Waals surface area contributed by atoms with Gasteiger partial charge in [-0.25, -0.2) is 8.42 Å². The highest BCUT2D eigenvalue weighted by molar-refractivity contribution is 7.89. The Bertz CT molecular complexity index is 1020. The van der Waals surface area contributed by atoms with Gasteiger partial charge in [0.1, 0.15) is 6.10 Å². The number of carbonyl (C=O) groups excluding carboxylic acids is 1. The van der Waals surface area contributed by atoms with Crippen molar-refractivity contribution in [2.75, 3.05) is 7.05 Å². The number of nitro groups is 1. The number of unbranched alkanes of at least 4 members (excludes halogenated alkanes) is 8. The summed E-state index contributed by atoms with van der Waals surface area (Å²) in [5.41, 5.74) is -0.214. The zero-order valence-electron chi connectivity index (χ0n) is 25.8. The minimum atomic E-state index is -3.99. The van der Waals surface area contributed by atoms with Gasteiger partial charge in [-0.05, 0) is 63.5 Å². The van der Waals surface area contributed by atoms with E-state index in [-0.39, 0.29) is 41.9 Å². The van der Waals surface area contributed by atoms with Gasteiger partial charge in [-0.3, -0.25) is 19.7 Å². The second kappa shape index (κ2) is 21.2. The number of esters is 1. The minimum Gasteiger partial charge on any atom is -0.481 e. The predicted molar refractivity (Wildman–Crippen MR) is 164 cm³/mol. The summed E-state index contributed by atoms with van der Waals surface area (Å²) in [6.45, 7) is 4.36. The maximum atomic E-state index is 13.3. The highest BCUT2D eigenvalue weighted by Crippen LogP contribution is 2.25. The first kappa shape index (κ1) is 37.5. The monoisotopic (exact) mass is 612 g/mol. The number of hydrogen-bond acceptors (Lipinski definition) is 7. The van der Waals surface area contributed by atoms with Gasteiger partial charge in [-0.2, -0.15) is 4.31 Å². The van der Waals surface area contributed by atoms with E-state index >= 15 is 0 Å². The predicted octanol–water partition coefficient (Wildman–Crippen LogP) is 7.64. The van der Waals surface area contributed by atoms with Gasteiger partial charge in [0.25, 0.3) is 5.69 Å². The Labute approximate surface area is 252 Å². The summed E-state index contributed by atoms with van der Waals surface area (Å²) in [4.78, 5) is 34.1. The van der Waals surface area contributed by atoms with E-state index in [1.54, 1.807) is 0 Å². The first-order valence-electron chi connectivity index (χ1n) is 15.7. The van der Waals surface area contributed by atoms with E-state index in [2.05, 4.69) is 13.8 Å². The van der Waals surface area contributed by atoms with Gasteiger partial charge >= 0.3 is 11.9 Å². The molecular weight excluding hydrogens is 560 g/mol. The molecule has 0 fully saturated rings. The molecule has 1 N–H and O–H groups in total. The van der Waals surface area contributed by atoms with Gasteiger partial charge in [0.05, 0.1) is 9.82 Å². The van der Waals surface area contributed by atoms with Crippen molar-refractivity contribution in [1.82, 2.24) is 4.31 Å². The lowest BCUT2D eigenvalue weighted by molar-refractivity contribution is -0.384. The van der Waals surface area contributed by atoms with Crippen molar-refractivity contribution in [2.24, 2.45) is 0 Å². The molecule has 0 spiro atoms. The number of nitro benzene ring substituents is 1. The average molecular weight is 613 g/mol. The smallest absolute Gasteiger partial charge is 0.306 e. The van der Waals surface area contributed by atoms with Crippen LogP contribution in [-0.4, -0.2) is 53.9 Å². The first-order valence-corrected chi connectivity index (χ1v) is 17.1. The SMILES string of the molecule is CCCCCCCC(CCCCCCC)OC(=O)CCCC(CCCC(=O)O)N(C)S(=O)(=O)c1ccc([N+](=O)[O-])cc1. The van der Waals surface area contributed by atoms with E-state index < -0.39 is 27.0 Å². The molecule has 1 unspecified atom stereocenters. The Morgan fingerprint density at radius 1 is 0.833 bits per heavy atom. The number of carbonyl (C=O) groups is 2. The summed E-state index contributed by atoms with van der Waals surface area (Å²) in [6.07, 6.45) is 14.5. The zero-order chi connectivity index (χ0) is 31.4. The topological polar surface area (TPSA) is 144 Å². The third-order valence-corrected chi connectivity index (χ3v) is 9.57. The number of sulfonamides is 1. The van der Waals surface area contributed by atoms with Crippen LogP contribution >= 0.6 is 0 Å². The maximum Gasteiger partial charge on any atom is 0.306 e. The lowest BCUT2D eigenvalue weighted by Gasteiger charge is -2.27. The summed E-state index contributed by atoms with van der Waals surface area (Å²) in [5.74, 6) is -1.25. The zero-order valence-corrected chi connectivity index (χ0v) is 26.6. The lowest BCUT2D eigenvalue weighted by Crippen LogP contribution is -2.37. The number of carboxylic acids is 1. The number of benzene rings is 1. The van der Waals surface area contributed by atoms with Crippen molar-refractivity contribution in [2.45, 2.75) is 146 Å². The van der Waals surface area contributed by atoms with Crippen molar-refractivity contribution < 1.29 is 32.8 Å². The Morgan fingerprint density at radius 3 is 1.81 bits per heavy atom. The Kier molecular flexibility index (Phi) is 18.9. The molecule has 0 radical (unpaired) electrons. The normalized spacial score (nSPS) is 12.5. The molecule has 0 bridgehead atoms. The number of carboxylic acid groups (broad SMARTS) is 1. The van der Waals surface area contributed by atoms with Crippen molar-refractivity contribution in [3.63, 3.8) is 0 Å². The molecule has 0 amide bonds. The van der Waals surface area contributed by atoms with Gasteiger partial charge in [0, 0.05) is 38.1 Å². The summed E-state index contributed by atoms with van der Waals surface area (Å²) in [6, 6.07) is 4.13. The number of nitrogens with zero attached hydrogens (tertiary/aromatic N) is 2. The molecule has 10 nitrogen and oxygen atoms in total. The fraction of sp³-hybridized carbons (Fsp3) is 0.742. The van der Waals surface area contributed by atoms with E-state index in [0.29, 0.717) is 19.3 Å². The van der Waals surface area contributed by atoms with Crippen molar-refractivity contribution in [3.8, 4) is 0 Å². The van der Waals surface area contributed by atoms with E-state index in [9.17, 15) is 28.1 Å². The number of ether oxygens (including phenoxy) is 1. The molecule has 1 atom stereocenters. The van der Waals surface area contributed by atoms with Gasteiger partial charge in [-0.15, -0.1) is 0 Å². The molecule has 42 heavy (non-hydrogen) atoms. The summed E-state index contributed by atoms with van der Waals surface area (Å²) in [5, 5.41) is 20.0. The molecule has 0 saturated carbocycles. The van der Waals surface area contributed by atoms with Crippen LogP contribution in [0.1, 0.15) is 129 Å². The molecule has 0 heterocycles. The molecule has 0 aliphatic heterocycles. The molecule has 1 aromatic rings. The fourth-order valence-corrected chi connectivity index (χ4v) is 6.46. The van der Waals surface area contributed by atoms with Gasteiger partial charge < -0.3 is 9.84 Å². The quantitative estimate of drug-likeness (QED) is 0.0513. The Morgan fingerprint density at radius 2 is 1.33 bits per heavy atom. The Balaban J connectivity index is 2.79. The summed E-state index contributed by atoms with van der Waals surface area (Å²) >= 11 is 0. The second-order valence-electron chi connectivity index (χ2n) is 11.1. The third kappa shape index (κ3) is 15.1. The van der Waals surface area contributed by atoms with Crippen LogP contribution in [0.4, 0.5) is 5.69 Å². The lowest BCUT2D eigenvalue weighted by atomic mass is 10.0. The summed E-state index contributed by atoms with van der Waals surface area (Å²) < 4.78 is 33.6. The standard InChI is InChI=1S/C31H52N2O8S/c1-4-6-8-10-12-18-28(19-13-11-9-7-5-2)41-31(36)21-15-17-26(16-14-20-30(34)35)32(3)42(39,40)29-24-22-27(23-25-29)33(37)38/h22-26,28H,4-21H2,1-3H3,(H,34,35). The van der Waals surface area contributed by atoms with E-state index in [0.717, 1.165) is 50.7 Å². The van der Waals surface area contributed by atoms with Crippen LogP contribution in [0.25, 0.3) is 0 Å². The molecule has 0 aliphatic carbocycles. The van der Waals surface area contributed by atoms with E-state index in [1.807, 2.05) is 0 Å². The Hall–Kier alpha value is -2.53. The largest absolute Gasteiger partial charge is 0.481 e. The van der Waals surface area contributed by atoms with Crippen LogP contribution in [-0.2, 0) is 24.3 Å². The highest BCUT2D eigenvalue weighted by Gasteiger charge is 2.28. The van der Waals surface area contributed by atoms with Gasteiger partial charge in [0.2, 0.25) is 10.0 Å². The molecule has 0 saturated heterocycles. The van der Waals surface area contributed by atoms with Gasteiger partial charge in [0.15, 0.2) is 0 Å². The molecule has 0 aromatic heterocycles. The van der Waals surface area contributed by atoms with Crippen LogP contribution < -0.4 is 0 Å². The third-order valence-electron chi connectivity index (χ3n) is 7.64. The number of aliphatic carboxylic acids is 1. The van der Waals surface area contributed by atoms with Crippen LogP contribution in [0, 0.1) is 10.1 Å². The number of rotatable bonds is 25. The van der Waals surface area contributed by atoms with Gasteiger partial charge in [-0.1, -0.05) is 65.2 Å². The molecule has 240 valence electrons. The van der Waals surface area contributed by atoms with E-state index in [4.69, 9.17) is 9.84 Å². The summed E-state index contributed by atoms with van der Waals surface area (Å²) in [7, 11) is -2.56. The fourth-order valence-electron chi connectivity index (χ4n) is 5.04. The highest BCUT2D eigenvalue weighted by atomic mass is 32.2. The second-order valence-corrected chi connectivity index (χ2v) is 13.1. The minimum absolute atomic E-state index is 0.0843. The number of hydrogen-bond donors (Lipinski definition) is 1. The van der Waals surface area contributed by atoms with Crippen LogP contribution in [0.3, 0.4) is 0 Å². The van der Waals surface area contributed by atoms with Crippen LogP contribution in [0.2, 0.25) is 0 Å². The average Bonchev–Trinajstić information content (AvgIpc) is 2.95. The van der Waals surface area contributed by atoms with E-state index in [1.165, 1.54) is 62.0 Å². The molecule has 0 aliphatic rings. The van der Waals surface area contributed by atoms with Crippen LogP contribution in [0.5, 0.6) is 0 Å². The molecular formula is C31H52N2O8S. The molecule has 1 aromatic carbocycles. The first-order chi connectivity index (χ1) is 20.0. The van der Waals surface area contributed by atoms with Crippen molar-refractivity contribution in [3.05, 3.63) is 34.4 Å². The van der Waals surface area contributed by atoms with Crippen molar-refractivity contribution >= 4 is 27.6 Å². The van der Waals surface area contributed by atoms with Crippen molar-refractivity contribution in [1.29, 1.82) is 0 Å².